The van der Waals surface area contributed by atoms with Gasteiger partial charge in [0, 0.05) is 12.1 Å². The molecule has 2 aromatic carbocycles. The lowest BCUT2D eigenvalue weighted by Crippen LogP contribution is -2.21. The van der Waals surface area contributed by atoms with Crippen molar-refractivity contribution in [2.24, 2.45) is 0 Å². The fourth-order valence-electron chi connectivity index (χ4n) is 2.23. The molecule has 1 heterocycles. The lowest BCUT2D eigenvalue weighted by atomic mass is 10.1. The first-order valence-electron chi connectivity index (χ1n) is 7.02. The Labute approximate surface area is 129 Å². The van der Waals surface area contributed by atoms with Gasteiger partial charge in [-0.25, -0.2) is 0 Å². The van der Waals surface area contributed by atoms with Gasteiger partial charge in [-0.3, -0.25) is 0 Å². The average molecular weight is 299 g/mol. The van der Waals surface area contributed by atoms with Crippen molar-refractivity contribution >= 4 is 17.2 Å². The van der Waals surface area contributed by atoms with Crippen LogP contribution in [0.5, 0.6) is 11.5 Å². The highest BCUT2D eigenvalue weighted by molar-refractivity contribution is 7.80. The number of thiocarbonyl (C=S) groups is 1. The van der Waals surface area contributed by atoms with Gasteiger partial charge >= 0.3 is 0 Å². The molecule has 4 heteroatoms. The van der Waals surface area contributed by atoms with Crippen molar-refractivity contribution < 1.29 is 9.47 Å². The highest BCUT2D eigenvalue weighted by atomic mass is 32.1. The molecule has 0 radical (unpaired) electrons. The molecule has 0 amide bonds. The summed E-state index contributed by atoms with van der Waals surface area (Å²) >= 11 is 5.43. The van der Waals surface area contributed by atoms with Crippen LogP contribution < -0.4 is 14.8 Å². The van der Waals surface area contributed by atoms with Crippen LogP contribution in [0.15, 0.2) is 42.5 Å². The number of ether oxygens (including phenoxy) is 2. The van der Waals surface area contributed by atoms with E-state index in [1.165, 1.54) is 5.56 Å². The molecule has 108 valence electrons. The monoisotopic (exact) mass is 299 g/mol. The summed E-state index contributed by atoms with van der Waals surface area (Å²) in [5.41, 5.74) is 3.48. The second-order valence-electron chi connectivity index (χ2n) is 4.92. The molecular formula is C17H17NO2S. The summed E-state index contributed by atoms with van der Waals surface area (Å²) < 4.78 is 10.7. The summed E-state index contributed by atoms with van der Waals surface area (Å²) in [5, 5.41) is 3.28. The summed E-state index contributed by atoms with van der Waals surface area (Å²) in [6.07, 6.45) is 1.04. The Kier molecular flexibility index (Phi) is 4.06. The number of aryl methyl sites for hydroxylation is 1. The summed E-state index contributed by atoms with van der Waals surface area (Å²) in [6.45, 7) is 3.12. The van der Waals surface area contributed by atoms with Crippen molar-refractivity contribution in [2.45, 2.75) is 19.9 Å². The fraction of sp³-hybridized carbons (Fsp3) is 0.235. The Morgan fingerprint density at radius 1 is 1.05 bits per heavy atom. The van der Waals surface area contributed by atoms with Gasteiger partial charge in [-0.2, -0.15) is 0 Å². The molecular weight excluding hydrogens is 282 g/mol. The van der Waals surface area contributed by atoms with Gasteiger partial charge in [0.1, 0.15) is 4.99 Å². The Morgan fingerprint density at radius 3 is 2.52 bits per heavy atom. The average Bonchev–Trinajstić information content (AvgIpc) is 3.00. The molecule has 3 nitrogen and oxygen atoms in total. The number of benzene rings is 2. The van der Waals surface area contributed by atoms with Crippen LogP contribution in [0.1, 0.15) is 23.6 Å². The van der Waals surface area contributed by atoms with Crippen LogP contribution in [0, 0.1) is 0 Å². The number of hydrogen-bond donors (Lipinski definition) is 1. The molecule has 3 rings (SSSR count). The van der Waals surface area contributed by atoms with E-state index in [-0.39, 0.29) is 0 Å². The smallest absolute Gasteiger partial charge is 0.231 e. The van der Waals surface area contributed by atoms with Crippen LogP contribution in [0.25, 0.3) is 0 Å². The summed E-state index contributed by atoms with van der Waals surface area (Å²) in [6, 6.07) is 14.3. The van der Waals surface area contributed by atoms with Gasteiger partial charge in [0.2, 0.25) is 6.79 Å². The summed E-state index contributed by atoms with van der Waals surface area (Å²) in [5.74, 6) is 1.60. The predicted molar refractivity (Wildman–Crippen MR) is 86.9 cm³/mol. The molecule has 1 aliphatic rings. The Bertz CT molecular complexity index is 652. The van der Waals surface area contributed by atoms with E-state index < -0.39 is 0 Å². The molecule has 0 bridgehead atoms. The lowest BCUT2D eigenvalue weighted by Gasteiger charge is -2.09. The molecule has 0 unspecified atom stereocenters. The first-order valence-corrected chi connectivity index (χ1v) is 7.43. The first kappa shape index (κ1) is 13.9. The first-order chi connectivity index (χ1) is 10.3. The van der Waals surface area contributed by atoms with Gasteiger partial charge in [0.15, 0.2) is 11.5 Å². The van der Waals surface area contributed by atoms with Gasteiger partial charge in [-0.05, 0) is 29.7 Å². The largest absolute Gasteiger partial charge is 0.454 e. The minimum Gasteiger partial charge on any atom is -0.454 e. The standard InChI is InChI=1S/C17H17NO2S/c1-2-12-3-6-14(7-4-12)17(21)18-10-13-5-8-15-16(9-13)20-11-19-15/h3-9H,2,10-11H2,1H3,(H,18,21). The number of hydrogen-bond acceptors (Lipinski definition) is 3. The van der Waals surface area contributed by atoms with Crippen molar-refractivity contribution in [1.82, 2.24) is 5.32 Å². The van der Waals surface area contributed by atoms with Crippen LogP contribution in [-0.4, -0.2) is 11.8 Å². The summed E-state index contributed by atoms with van der Waals surface area (Å²) in [7, 11) is 0. The maximum atomic E-state index is 5.43. The maximum absolute atomic E-state index is 5.43. The summed E-state index contributed by atoms with van der Waals surface area (Å²) in [4.78, 5) is 0.760. The quantitative estimate of drug-likeness (QED) is 0.876. The molecule has 1 N–H and O–H groups in total. The van der Waals surface area contributed by atoms with Crippen LogP contribution in [0.3, 0.4) is 0 Å². The van der Waals surface area contributed by atoms with E-state index in [9.17, 15) is 0 Å². The van der Waals surface area contributed by atoms with Crippen molar-refractivity contribution in [3.8, 4) is 11.5 Å². The Morgan fingerprint density at radius 2 is 1.76 bits per heavy atom. The van der Waals surface area contributed by atoms with Crippen LogP contribution in [0.2, 0.25) is 0 Å². The Hall–Kier alpha value is -2.07. The van der Waals surface area contributed by atoms with Gasteiger partial charge in [0.05, 0.1) is 0 Å². The second-order valence-corrected chi connectivity index (χ2v) is 5.33. The van der Waals surface area contributed by atoms with E-state index in [0.717, 1.165) is 34.0 Å². The SMILES string of the molecule is CCc1ccc(C(=S)NCc2ccc3c(c2)OCO3)cc1. The van der Waals surface area contributed by atoms with E-state index in [4.69, 9.17) is 21.7 Å². The Balaban J connectivity index is 1.62. The molecule has 0 saturated carbocycles. The van der Waals surface area contributed by atoms with E-state index in [1.807, 2.05) is 18.2 Å². The van der Waals surface area contributed by atoms with Crippen LogP contribution in [0.4, 0.5) is 0 Å². The highest BCUT2D eigenvalue weighted by Gasteiger charge is 2.13. The van der Waals surface area contributed by atoms with E-state index in [1.54, 1.807) is 0 Å². The van der Waals surface area contributed by atoms with Crippen molar-refractivity contribution in [1.29, 1.82) is 0 Å². The van der Waals surface area contributed by atoms with Gasteiger partial charge in [-0.1, -0.05) is 49.5 Å². The lowest BCUT2D eigenvalue weighted by molar-refractivity contribution is 0.174. The topological polar surface area (TPSA) is 30.5 Å². The number of nitrogens with one attached hydrogen (secondary N) is 1. The molecule has 2 aromatic rings. The van der Waals surface area contributed by atoms with Crippen LogP contribution >= 0.6 is 12.2 Å². The molecule has 21 heavy (non-hydrogen) atoms. The molecule has 0 spiro atoms. The zero-order chi connectivity index (χ0) is 14.7. The normalized spacial score (nSPS) is 12.2. The molecule has 0 saturated heterocycles. The zero-order valence-corrected chi connectivity index (χ0v) is 12.7. The minimum absolute atomic E-state index is 0.300. The van der Waals surface area contributed by atoms with Gasteiger partial charge in [-0.15, -0.1) is 0 Å². The van der Waals surface area contributed by atoms with E-state index in [2.05, 4.69) is 36.5 Å². The number of fused-ring (bicyclic) bond motifs is 1. The molecule has 0 fully saturated rings. The van der Waals surface area contributed by atoms with Crippen molar-refractivity contribution in [2.75, 3.05) is 6.79 Å². The van der Waals surface area contributed by atoms with Gasteiger partial charge < -0.3 is 14.8 Å². The molecule has 0 aromatic heterocycles. The van der Waals surface area contributed by atoms with E-state index >= 15 is 0 Å². The van der Waals surface area contributed by atoms with Gasteiger partial charge in [0.25, 0.3) is 0 Å². The predicted octanol–water partition coefficient (Wildman–Crippen LogP) is 3.44. The fourth-order valence-corrected chi connectivity index (χ4v) is 2.44. The highest BCUT2D eigenvalue weighted by Crippen LogP contribution is 2.32. The minimum atomic E-state index is 0.300. The zero-order valence-electron chi connectivity index (χ0n) is 11.9. The third kappa shape index (κ3) is 3.16. The van der Waals surface area contributed by atoms with Crippen molar-refractivity contribution in [3.63, 3.8) is 0 Å². The molecule has 1 aliphatic heterocycles. The maximum Gasteiger partial charge on any atom is 0.231 e. The third-order valence-electron chi connectivity index (χ3n) is 3.51. The second kappa shape index (κ2) is 6.14. The van der Waals surface area contributed by atoms with Crippen molar-refractivity contribution in [3.05, 3.63) is 59.2 Å². The molecule has 0 aliphatic carbocycles. The van der Waals surface area contributed by atoms with Crippen LogP contribution in [-0.2, 0) is 13.0 Å². The molecule has 0 atom stereocenters. The number of rotatable bonds is 4. The van der Waals surface area contributed by atoms with E-state index in [0.29, 0.717) is 13.3 Å². The third-order valence-corrected chi connectivity index (χ3v) is 3.89.